The lowest BCUT2D eigenvalue weighted by molar-refractivity contribution is -0.124. The van der Waals surface area contributed by atoms with Gasteiger partial charge in [-0.05, 0) is 31.0 Å². The SMILES string of the molecule is Cc1ccnc(Nc2cc(NCCNC(=O)C3CCOC3)ncn2)c1. The molecule has 1 amide bonds. The molecule has 0 bridgehead atoms. The summed E-state index contributed by atoms with van der Waals surface area (Å²) < 4.78 is 5.22. The van der Waals surface area contributed by atoms with Gasteiger partial charge >= 0.3 is 0 Å². The maximum atomic E-state index is 11.9. The first kappa shape index (κ1) is 17.1. The number of carbonyl (C=O) groups is 1. The van der Waals surface area contributed by atoms with E-state index in [9.17, 15) is 4.79 Å². The third-order valence-electron chi connectivity index (χ3n) is 3.87. The van der Waals surface area contributed by atoms with Crippen LogP contribution < -0.4 is 16.0 Å². The summed E-state index contributed by atoms with van der Waals surface area (Å²) in [7, 11) is 0. The molecule has 3 rings (SSSR count). The molecule has 1 aliphatic rings. The maximum absolute atomic E-state index is 11.9. The molecule has 0 radical (unpaired) electrons. The summed E-state index contributed by atoms with van der Waals surface area (Å²) in [6.45, 7) is 4.31. The standard InChI is InChI=1S/C17H22N6O2/c1-12-2-4-18-15(8-12)23-16-9-14(21-11-22-16)19-5-6-20-17(24)13-3-7-25-10-13/h2,4,8-9,11,13H,3,5-7,10H2,1H3,(H,20,24)(H2,18,19,21,22,23). The first-order chi connectivity index (χ1) is 12.2. The van der Waals surface area contributed by atoms with Crippen molar-refractivity contribution in [2.24, 2.45) is 5.92 Å². The van der Waals surface area contributed by atoms with Crippen LogP contribution in [-0.2, 0) is 9.53 Å². The fourth-order valence-electron chi connectivity index (χ4n) is 2.52. The molecule has 3 heterocycles. The Morgan fingerprint density at radius 1 is 1.20 bits per heavy atom. The summed E-state index contributed by atoms with van der Waals surface area (Å²) >= 11 is 0. The fourth-order valence-corrected chi connectivity index (χ4v) is 2.52. The van der Waals surface area contributed by atoms with Gasteiger partial charge in [0.05, 0.1) is 12.5 Å². The molecule has 1 atom stereocenters. The summed E-state index contributed by atoms with van der Waals surface area (Å²) in [5, 5.41) is 9.22. The van der Waals surface area contributed by atoms with E-state index in [1.165, 1.54) is 6.33 Å². The molecule has 1 saturated heterocycles. The summed E-state index contributed by atoms with van der Waals surface area (Å²) in [5.74, 6) is 2.11. The number of aromatic nitrogens is 3. The Bertz CT molecular complexity index is 718. The predicted octanol–water partition coefficient (Wildman–Crippen LogP) is 1.49. The molecular formula is C17H22N6O2. The lowest BCUT2D eigenvalue weighted by atomic mass is 10.1. The third-order valence-corrected chi connectivity index (χ3v) is 3.87. The molecule has 0 aliphatic carbocycles. The topological polar surface area (TPSA) is 101 Å². The van der Waals surface area contributed by atoms with Crippen LogP contribution in [0.15, 0.2) is 30.7 Å². The molecule has 1 unspecified atom stereocenters. The number of hydrogen-bond donors (Lipinski definition) is 3. The van der Waals surface area contributed by atoms with Crippen LogP contribution in [0.3, 0.4) is 0 Å². The Kier molecular flexibility index (Phi) is 5.73. The Balaban J connectivity index is 1.46. The van der Waals surface area contributed by atoms with Crippen LogP contribution in [0, 0.1) is 12.8 Å². The lowest BCUT2D eigenvalue weighted by Gasteiger charge is -2.11. The Hall–Kier alpha value is -2.74. The van der Waals surface area contributed by atoms with E-state index in [0.29, 0.717) is 37.9 Å². The minimum absolute atomic E-state index is 0.0170. The third kappa shape index (κ3) is 5.12. The summed E-state index contributed by atoms with van der Waals surface area (Å²) in [6, 6.07) is 5.68. The van der Waals surface area contributed by atoms with Crippen molar-refractivity contribution >= 4 is 23.4 Å². The lowest BCUT2D eigenvalue weighted by Crippen LogP contribution is -2.34. The highest BCUT2D eigenvalue weighted by atomic mass is 16.5. The van der Waals surface area contributed by atoms with Gasteiger partial charge in [0, 0.05) is 32.0 Å². The van der Waals surface area contributed by atoms with Crippen LogP contribution in [0.4, 0.5) is 17.5 Å². The molecule has 2 aromatic rings. The molecule has 3 N–H and O–H groups in total. The van der Waals surface area contributed by atoms with E-state index in [2.05, 4.69) is 30.9 Å². The Morgan fingerprint density at radius 2 is 2.04 bits per heavy atom. The molecule has 2 aromatic heterocycles. The molecule has 132 valence electrons. The molecule has 1 fully saturated rings. The summed E-state index contributed by atoms with van der Waals surface area (Å²) in [6.07, 6.45) is 4.03. The summed E-state index contributed by atoms with van der Waals surface area (Å²) in [4.78, 5) is 24.5. The van der Waals surface area contributed by atoms with Crippen molar-refractivity contribution in [3.8, 4) is 0 Å². The van der Waals surface area contributed by atoms with Gasteiger partial charge in [0.2, 0.25) is 5.91 Å². The average molecular weight is 342 g/mol. The van der Waals surface area contributed by atoms with Gasteiger partial charge in [-0.15, -0.1) is 0 Å². The minimum atomic E-state index is -0.0170. The number of hydrogen-bond acceptors (Lipinski definition) is 7. The van der Waals surface area contributed by atoms with Crippen LogP contribution in [0.25, 0.3) is 0 Å². The van der Waals surface area contributed by atoms with Crippen LogP contribution >= 0.6 is 0 Å². The maximum Gasteiger partial charge on any atom is 0.225 e. The van der Waals surface area contributed by atoms with Crippen molar-refractivity contribution in [3.63, 3.8) is 0 Å². The van der Waals surface area contributed by atoms with Crippen molar-refractivity contribution in [2.45, 2.75) is 13.3 Å². The van der Waals surface area contributed by atoms with E-state index in [-0.39, 0.29) is 11.8 Å². The number of anilines is 3. The van der Waals surface area contributed by atoms with Crippen LogP contribution in [-0.4, -0.2) is 47.2 Å². The van der Waals surface area contributed by atoms with Crippen molar-refractivity contribution < 1.29 is 9.53 Å². The first-order valence-corrected chi connectivity index (χ1v) is 8.32. The number of carbonyl (C=O) groups excluding carboxylic acids is 1. The highest BCUT2D eigenvalue weighted by Crippen LogP contribution is 2.15. The van der Waals surface area contributed by atoms with E-state index in [1.807, 2.05) is 19.1 Å². The molecule has 0 aromatic carbocycles. The van der Waals surface area contributed by atoms with Gasteiger partial charge in [0.25, 0.3) is 0 Å². The number of amides is 1. The van der Waals surface area contributed by atoms with Gasteiger partial charge in [-0.25, -0.2) is 15.0 Å². The normalized spacial score (nSPS) is 16.4. The molecule has 8 heteroatoms. The smallest absolute Gasteiger partial charge is 0.225 e. The van der Waals surface area contributed by atoms with Crippen molar-refractivity contribution in [2.75, 3.05) is 36.9 Å². The van der Waals surface area contributed by atoms with Crippen molar-refractivity contribution in [1.29, 1.82) is 0 Å². The first-order valence-electron chi connectivity index (χ1n) is 8.32. The van der Waals surface area contributed by atoms with Gasteiger partial charge < -0.3 is 20.7 Å². The highest BCUT2D eigenvalue weighted by Gasteiger charge is 2.22. The molecule has 25 heavy (non-hydrogen) atoms. The monoisotopic (exact) mass is 342 g/mol. The second-order valence-corrected chi connectivity index (χ2v) is 5.91. The molecular weight excluding hydrogens is 320 g/mol. The van der Waals surface area contributed by atoms with Gasteiger partial charge in [0.1, 0.15) is 23.8 Å². The number of aryl methyl sites for hydroxylation is 1. The highest BCUT2D eigenvalue weighted by molar-refractivity contribution is 5.79. The summed E-state index contributed by atoms with van der Waals surface area (Å²) in [5.41, 5.74) is 1.12. The van der Waals surface area contributed by atoms with Gasteiger partial charge in [-0.3, -0.25) is 4.79 Å². The number of ether oxygens (including phenoxy) is 1. The largest absolute Gasteiger partial charge is 0.381 e. The quantitative estimate of drug-likeness (QED) is 0.655. The Morgan fingerprint density at radius 3 is 2.84 bits per heavy atom. The molecule has 0 spiro atoms. The van der Waals surface area contributed by atoms with Crippen LogP contribution in [0.5, 0.6) is 0 Å². The van der Waals surface area contributed by atoms with Crippen molar-refractivity contribution in [1.82, 2.24) is 20.3 Å². The minimum Gasteiger partial charge on any atom is -0.381 e. The zero-order valence-corrected chi connectivity index (χ0v) is 14.2. The van der Waals surface area contributed by atoms with E-state index < -0.39 is 0 Å². The van der Waals surface area contributed by atoms with E-state index in [0.717, 1.165) is 17.8 Å². The van der Waals surface area contributed by atoms with Crippen LogP contribution in [0.2, 0.25) is 0 Å². The van der Waals surface area contributed by atoms with Gasteiger partial charge in [-0.1, -0.05) is 0 Å². The number of nitrogens with one attached hydrogen (secondary N) is 3. The van der Waals surface area contributed by atoms with E-state index in [4.69, 9.17) is 4.74 Å². The molecule has 0 saturated carbocycles. The zero-order chi connectivity index (χ0) is 17.5. The van der Waals surface area contributed by atoms with E-state index in [1.54, 1.807) is 12.3 Å². The average Bonchev–Trinajstić information content (AvgIpc) is 3.14. The Labute approximate surface area is 146 Å². The predicted molar refractivity (Wildman–Crippen MR) is 94.7 cm³/mol. The van der Waals surface area contributed by atoms with E-state index >= 15 is 0 Å². The van der Waals surface area contributed by atoms with Crippen LogP contribution in [0.1, 0.15) is 12.0 Å². The molecule has 1 aliphatic heterocycles. The van der Waals surface area contributed by atoms with Gasteiger partial charge in [-0.2, -0.15) is 0 Å². The van der Waals surface area contributed by atoms with Crippen molar-refractivity contribution in [3.05, 3.63) is 36.3 Å². The number of pyridine rings is 1. The second-order valence-electron chi connectivity index (χ2n) is 5.91. The fraction of sp³-hybridized carbons (Fsp3) is 0.412. The van der Waals surface area contributed by atoms with Gasteiger partial charge in [0.15, 0.2) is 0 Å². The molecule has 8 nitrogen and oxygen atoms in total. The second kappa shape index (κ2) is 8.39. The zero-order valence-electron chi connectivity index (χ0n) is 14.2. The number of nitrogens with zero attached hydrogens (tertiary/aromatic N) is 3. The number of rotatable bonds is 7.